The van der Waals surface area contributed by atoms with Gasteiger partial charge in [0.2, 0.25) is 0 Å². The van der Waals surface area contributed by atoms with Crippen LogP contribution in [0.1, 0.15) is 37.7 Å². The van der Waals surface area contributed by atoms with Crippen molar-refractivity contribution in [3.8, 4) is 0 Å². The molecule has 0 bridgehead atoms. The lowest BCUT2D eigenvalue weighted by molar-refractivity contribution is -0.247. The highest BCUT2D eigenvalue weighted by Gasteiger charge is 2.36. The zero-order valence-electron chi connectivity index (χ0n) is 11.9. The summed E-state index contributed by atoms with van der Waals surface area (Å²) in [6.45, 7) is 0. The molecule has 1 aromatic rings. The summed E-state index contributed by atoms with van der Waals surface area (Å²) in [5.74, 6) is -1.63. The van der Waals surface area contributed by atoms with Crippen molar-refractivity contribution in [1.82, 2.24) is 0 Å². The highest BCUT2D eigenvalue weighted by molar-refractivity contribution is 5.75. The van der Waals surface area contributed by atoms with E-state index in [2.05, 4.69) is 0 Å². The first kappa shape index (κ1) is 15.0. The van der Waals surface area contributed by atoms with Crippen LogP contribution in [0.4, 0.5) is 0 Å². The van der Waals surface area contributed by atoms with Crippen LogP contribution in [-0.4, -0.2) is 30.1 Å². The van der Waals surface area contributed by atoms with Crippen LogP contribution in [0.25, 0.3) is 0 Å². The molecule has 0 saturated heterocycles. The summed E-state index contributed by atoms with van der Waals surface area (Å²) >= 11 is 0. The van der Waals surface area contributed by atoms with E-state index < -0.39 is 17.9 Å². The molecule has 0 spiro atoms. The Kier molecular flexibility index (Phi) is 5.15. The fraction of sp³-hybridized carbons (Fsp3) is 0.562. The second kappa shape index (κ2) is 6.86. The molecule has 1 saturated carbocycles. The molecule has 20 heavy (non-hydrogen) atoms. The molecule has 0 aliphatic heterocycles. The summed E-state index contributed by atoms with van der Waals surface area (Å²) in [5.41, 5.74) is 0.988. The van der Waals surface area contributed by atoms with Gasteiger partial charge in [-0.25, -0.2) is 4.79 Å². The van der Waals surface area contributed by atoms with Gasteiger partial charge in [0.1, 0.15) is 0 Å². The van der Waals surface area contributed by atoms with Gasteiger partial charge in [-0.1, -0.05) is 36.8 Å². The second-order valence-corrected chi connectivity index (χ2v) is 5.33. The lowest BCUT2D eigenvalue weighted by Crippen LogP contribution is -2.42. The lowest BCUT2D eigenvalue weighted by atomic mass is 9.94. The Morgan fingerprint density at radius 2 is 1.90 bits per heavy atom. The van der Waals surface area contributed by atoms with Crippen molar-refractivity contribution in [3.63, 3.8) is 0 Å². The van der Waals surface area contributed by atoms with Gasteiger partial charge in [-0.3, -0.25) is 0 Å². The van der Waals surface area contributed by atoms with Gasteiger partial charge in [-0.05, 0) is 18.4 Å². The van der Waals surface area contributed by atoms with E-state index in [0.29, 0.717) is 19.3 Å². The van der Waals surface area contributed by atoms with Crippen LogP contribution in [0.2, 0.25) is 0 Å². The van der Waals surface area contributed by atoms with E-state index in [1.165, 1.54) is 7.11 Å². The fourth-order valence-corrected chi connectivity index (χ4v) is 2.62. The van der Waals surface area contributed by atoms with Gasteiger partial charge in [-0.2, -0.15) is 0 Å². The van der Waals surface area contributed by atoms with Crippen LogP contribution in [0.3, 0.4) is 0 Å². The number of esters is 1. The van der Waals surface area contributed by atoms with Gasteiger partial charge >= 0.3 is 5.97 Å². The standard InChI is InChI=1S/C16H22O4/c1-19-15(17)14(12-13-8-4-2-5-9-13)20-16(18)10-6-3-7-11-16/h2,4-5,8-9,14,18H,3,6-7,10-12H2,1H3/t14-/m1/s1. The minimum atomic E-state index is -1.19. The van der Waals surface area contributed by atoms with E-state index in [0.717, 1.165) is 24.8 Å². The Balaban J connectivity index is 2.05. The second-order valence-electron chi connectivity index (χ2n) is 5.33. The molecular formula is C16H22O4. The molecule has 1 aliphatic rings. The monoisotopic (exact) mass is 278 g/mol. The minimum absolute atomic E-state index is 0.413. The Labute approximate surface area is 119 Å². The Bertz CT molecular complexity index is 423. The molecule has 4 heteroatoms. The molecule has 1 fully saturated rings. The lowest BCUT2D eigenvalue weighted by Gasteiger charge is -2.34. The molecule has 2 rings (SSSR count). The number of methoxy groups -OCH3 is 1. The summed E-state index contributed by atoms with van der Waals surface area (Å²) < 4.78 is 10.5. The van der Waals surface area contributed by atoms with Gasteiger partial charge in [0.25, 0.3) is 0 Å². The van der Waals surface area contributed by atoms with E-state index in [1.54, 1.807) is 0 Å². The smallest absolute Gasteiger partial charge is 0.335 e. The van der Waals surface area contributed by atoms with Crippen LogP contribution >= 0.6 is 0 Å². The van der Waals surface area contributed by atoms with Gasteiger partial charge in [-0.15, -0.1) is 0 Å². The van der Waals surface area contributed by atoms with Crippen molar-refractivity contribution in [2.75, 3.05) is 7.11 Å². The SMILES string of the molecule is COC(=O)[C@@H](Cc1ccccc1)OC1(O)CCCCC1. The number of aliphatic hydroxyl groups is 1. The number of benzene rings is 1. The van der Waals surface area contributed by atoms with Crippen molar-refractivity contribution >= 4 is 5.97 Å². The van der Waals surface area contributed by atoms with Crippen LogP contribution in [-0.2, 0) is 20.7 Å². The molecule has 1 N–H and O–H groups in total. The van der Waals surface area contributed by atoms with Crippen LogP contribution in [0, 0.1) is 0 Å². The summed E-state index contributed by atoms with van der Waals surface area (Å²) in [4.78, 5) is 11.9. The molecule has 0 amide bonds. The average molecular weight is 278 g/mol. The van der Waals surface area contributed by atoms with Crippen molar-refractivity contribution in [1.29, 1.82) is 0 Å². The number of rotatable bonds is 5. The highest BCUT2D eigenvalue weighted by Crippen LogP contribution is 2.31. The van der Waals surface area contributed by atoms with Gasteiger partial charge in [0, 0.05) is 19.3 Å². The first-order valence-electron chi connectivity index (χ1n) is 7.15. The molecule has 1 atom stereocenters. The largest absolute Gasteiger partial charge is 0.467 e. The van der Waals surface area contributed by atoms with Gasteiger partial charge < -0.3 is 14.6 Å². The number of hydrogen-bond acceptors (Lipinski definition) is 4. The number of carbonyl (C=O) groups is 1. The predicted octanol–water partition coefficient (Wildman–Crippen LogP) is 2.44. The first-order valence-corrected chi connectivity index (χ1v) is 7.15. The Morgan fingerprint density at radius 1 is 1.25 bits per heavy atom. The van der Waals surface area contributed by atoms with Crippen LogP contribution in [0.5, 0.6) is 0 Å². The number of carbonyl (C=O) groups excluding carboxylic acids is 1. The third kappa shape index (κ3) is 4.05. The van der Waals surface area contributed by atoms with Crippen LogP contribution in [0.15, 0.2) is 30.3 Å². The molecule has 0 radical (unpaired) electrons. The third-order valence-corrected chi connectivity index (χ3v) is 3.72. The van der Waals surface area contributed by atoms with Gasteiger partial charge in [0.05, 0.1) is 7.11 Å². The highest BCUT2D eigenvalue weighted by atomic mass is 16.6. The van der Waals surface area contributed by atoms with Crippen molar-refractivity contribution in [2.45, 2.75) is 50.4 Å². The molecule has 4 nitrogen and oxygen atoms in total. The zero-order valence-corrected chi connectivity index (χ0v) is 11.9. The number of ether oxygens (including phenoxy) is 2. The topological polar surface area (TPSA) is 55.8 Å². The van der Waals surface area contributed by atoms with Crippen LogP contribution < -0.4 is 0 Å². The summed E-state index contributed by atoms with van der Waals surface area (Å²) in [6, 6.07) is 9.62. The average Bonchev–Trinajstić information content (AvgIpc) is 2.47. The molecular weight excluding hydrogens is 256 g/mol. The molecule has 0 aromatic heterocycles. The van der Waals surface area contributed by atoms with Gasteiger partial charge in [0.15, 0.2) is 11.9 Å². The minimum Gasteiger partial charge on any atom is -0.467 e. The first-order chi connectivity index (χ1) is 9.63. The Hall–Kier alpha value is -1.39. The zero-order chi connectivity index (χ0) is 14.4. The van der Waals surface area contributed by atoms with Crippen molar-refractivity contribution in [2.24, 2.45) is 0 Å². The van der Waals surface area contributed by atoms with Crippen molar-refractivity contribution in [3.05, 3.63) is 35.9 Å². The Morgan fingerprint density at radius 3 is 2.50 bits per heavy atom. The number of hydrogen-bond donors (Lipinski definition) is 1. The summed E-state index contributed by atoms with van der Waals surface area (Å²) in [6.07, 6.45) is 3.77. The molecule has 110 valence electrons. The molecule has 0 unspecified atom stereocenters. The normalized spacial score (nSPS) is 19.3. The molecule has 0 heterocycles. The summed E-state index contributed by atoms with van der Waals surface area (Å²) in [5, 5.41) is 10.4. The fourth-order valence-electron chi connectivity index (χ4n) is 2.62. The third-order valence-electron chi connectivity index (χ3n) is 3.72. The van der Waals surface area contributed by atoms with E-state index in [1.807, 2.05) is 30.3 Å². The van der Waals surface area contributed by atoms with E-state index in [9.17, 15) is 9.90 Å². The summed E-state index contributed by atoms with van der Waals surface area (Å²) in [7, 11) is 1.34. The quantitative estimate of drug-likeness (QED) is 0.664. The maximum Gasteiger partial charge on any atom is 0.335 e. The predicted molar refractivity (Wildman–Crippen MR) is 75.1 cm³/mol. The van der Waals surface area contributed by atoms with E-state index in [4.69, 9.17) is 9.47 Å². The molecule has 1 aromatic carbocycles. The van der Waals surface area contributed by atoms with E-state index in [-0.39, 0.29) is 0 Å². The maximum absolute atomic E-state index is 11.9. The molecule has 1 aliphatic carbocycles. The van der Waals surface area contributed by atoms with E-state index >= 15 is 0 Å². The maximum atomic E-state index is 11.9. The van der Waals surface area contributed by atoms with Crippen molar-refractivity contribution < 1.29 is 19.4 Å².